The van der Waals surface area contributed by atoms with Crippen LogP contribution in [-0.4, -0.2) is 29.9 Å². The first-order valence-electron chi connectivity index (χ1n) is 9.47. The van der Waals surface area contributed by atoms with E-state index in [-0.39, 0.29) is 11.0 Å². The zero-order valence-corrected chi connectivity index (χ0v) is 16.3. The molecule has 0 aromatic carbocycles. The third kappa shape index (κ3) is 2.35. The summed E-state index contributed by atoms with van der Waals surface area (Å²) in [5.41, 5.74) is 0.696. The van der Waals surface area contributed by atoms with Crippen LogP contribution >= 0.6 is 15.9 Å². The van der Waals surface area contributed by atoms with Crippen molar-refractivity contribution in [3.8, 4) is 11.6 Å². The SMILES string of the molecule is Brc1ncn(C23CC4CC(CC(c5nnc(-c6ccccn6)o5)(C4)C2)C3)n1. The Bertz CT molecular complexity index is 985. The van der Waals surface area contributed by atoms with E-state index in [1.54, 1.807) is 6.20 Å². The van der Waals surface area contributed by atoms with Crippen molar-refractivity contribution in [2.45, 2.75) is 49.5 Å². The number of rotatable bonds is 3. The van der Waals surface area contributed by atoms with Gasteiger partial charge in [-0.05, 0) is 78.4 Å². The monoisotopic (exact) mass is 426 g/mol. The fraction of sp³-hybridized carbons (Fsp3) is 0.526. The van der Waals surface area contributed by atoms with Crippen LogP contribution in [0.1, 0.15) is 44.4 Å². The van der Waals surface area contributed by atoms with Gasteiger partial charge < -0.3 is 4.42 Å². The Hall–Kier alpha value is -2.09. The average Bonchev–Trinajstić information content (AvgIpc) is 3.31. The zero-order chi connectivity index (χ0) is 18.1. The summed E-state index contributed by atoms with van der Waals surface area (Å²) in [6.07, 6.45) is 10.5. The Morgan fingerprint density at radius 1 is 1.07 bits per heavy atom. The molecule has 4 saturated carbocycles. The molecule has 4 aliphatic carbocycles. The van der Waals surface area contributed by atoms with E-state index in [0.29, 0.717) is 22.5 Å². The topological polar surface area (TPSA) is 82.5 Å². The Morgan fingerprint density at radius 3 is 2.63 bits per heavy atom. The molecule has 0 aliphatic heterocycles. The van der Waals surface area contributed by atoms with Crippen LogP contribution in [0.3, 0.4) is 0 Å². The zero-order valence-electron chi connectivity index (χ0n) is 14.8. The number of hydrogen-bond acceptors (Lipinski definition) is 6. The van der Waals surface area contributed by atoms with Crippen LogP contribution in [0.15, 0.2) is 39.9 Å². The molecule has 0 amide bonds. The maximum atomic E-state index is 6.20. The molecule has 4 fully saturated rings. The largest absolute Gasteiger partial charge is 0.419 e. The molecule has 7 nitrogen and oxygen atoms in total. The summed E-state index contributed by atoms with van der Waals surface area (Å²) < 4.78 is 8.95. The van der Waals surface area contributed by atoms with Gasteiger partial charge in [0.2, 0.25) is 10.6 Å². The smallest absolute Gasteiger partial charge is 0.266 e. The van der Waals surface area contributed by atoms with E-state index in [2.05, 4.69) is 45.9 Å². The van der Waals surface area contributed by atoms with E-state index in [4.69, 9.17) is 4.42 Å². The van der Waals surface area contributed by atoms with Gasteiger partial charge >= 0.3 is 0 Å². The lowest BCUT2D eigenvalue weighted by Crippen LogP contribution is -2.58. The van der Waals surface area contributed by atoms with Crippen molar-refractivity contribution in [1.29, 1.82) is 0 Å². The Balaban J connectivity index is 1.41. The lowest BCUT2D eigenvalue weighted by Gasteiger charge is -2.60. The normalized spacial score (nSPS) is 34.3. The van der Waals surface area contributed by atoms with Crippen molar-refractivity contribution >= 4 is 15.9 Å². The fourth-order valence-corrected chi connectivity index (χ4v) is 6.50. The Labute approximate surface area is 164 Å². The highest BCUT2D eigenvalue weighted by Crippen LogP contribution is 2.64. The van der Waals surface area contributed by atoms with E-state index >= 15 is 0 Å². The highest BCUT2D eigenvalue weighted by Gasteiger charge is 2.61. The molecule has 4 bridgehead atoms. The van der Waals surface area contributed by atoms with Gasteiger partial charge in [0.25, 0.3) is 5.89 Å². The second kappa shape index (κ2) is 5.47. The summed E-state index contributed by atoms with van der Waals surface area (Å²) in [5, 5.41) is 13.4. The molecule has 0 radical (unpaired) electrons. The lowest BCUT2D eigenvalue weighted by atomic mass is 9.47. The highest BCUT2D eigenvalue weighted by atomic mass is 79.9. The van der Waals surface area contributed by atoms with Crippen LogP contribution in [0.25, 0.3) is 11.6 Å². The van der Waals surface area contributed by atoms with Gasteiger partial charge in [0.15, 0.2) is 0 Å². The van der Waals surface area contributed by atoms with Gasteiger partial charge in [-0.3, -0.25) is 4.98 Å². The number of hydrogen-bond donors (Lipinski definition) is 0. The van der Waals surface area contributed by atoms with Crippen LogP contribution < -0.4 is 0 Å². The summed E-state index contributed by atoms with van der Waals surface area (Å²) in [4.78, 5) is 8.67. The molecule has 7 rings (SSSR count). The predicted octanol–water partition coefficient (Wildman–Crippen LogP) is 3.73. The Morgan fingerprint density at radius 2 is 1.93 bits per heavy atom. The molecule has 2 unspecified atom stereocenters. The molecule has 27 heavy (non-hydrogen) atoms. The summed E-state index contributed by atoms with van der Waals surface area (Å²) in [6, 6.07) is 5.74. The second-order valence-electron chi connectivity index (χ2n) is 8.55. The van der Waals surface area contributed by atoms with Gasteiger partial charge in [-0.1, -0.05) is 6.07 Å². The molecular formula is C19H19BrN6O. The fourth-order valence-electron chi connectivity index (χ4n) is 6.23. The molecule has 4 aliphatic rings. The number of halogens is 1. The van der Waals surface area contributed by atoms with Crippen LogP contribution in [-0.2, 0) is 11.0 Å². The molecule has 0 N–H and O–H groups in total. The second-order valence-corrected chi connectivity index (χ2v) is 9.26. The van der Waals surface area contributed by atoms with E-state index < -0.39 is 0 Å². The number of pyridine rings is 1. The predicted molar refractivity (Wildman–Crippen MR) is 99.6 cm³/mol. The minimum absolute atomic E-state index is 0.0166. The molecule has 2 atom stereocenters. The summed E-state index contributed by atoms with van der Waals surface area (Å²) in [7, 11) is 0. The van der Waals surface area contributed by atoms with E-state index in [9.17, 15) is 0 Å². The van der Waals surface area contributed by atoms with Crippen molar-refractivity contribution in [3.63, 3.8) is 0 Å². The van der Waals surface area contributed by atoms with Crippen LogP contribution in [0.4, 0.5) is 0 Å². The van der Waals surface area contributed by atoms with Crippen molar-refractivity contribution in [2.75, 3.05) is 0 Å². The minimum Gasteiger partial charge on any atom is -0.419 e. The molecule has 0 saturated heterocycles. The highest BCUT2D eigenvalue weighted by molar-refractivity contribution is 9.10. The molecule has 3 aromatic heterocycles. The Kier molecular flexibility index (Phi) is 3.22. The van der Waals surface area contributed by atoms with Gasteiger partial charge in [-0.2, -0.15) is 0 Å². The summed E-state index contributed by atoms with van der Waals surface area (Å²) in [6.45, 7) is 0. The first-order valence-corrected chi connectivity index (χ1v) is 10.3. The van der Waals surface area contributed by atoms with E-state index in [1.807, 2.05) is 24.5 Å². The van der Waals surface area contributed by atoms with Crippen LogP contribution in [0, 0.1) is 11.8 Å². The molecule has 3 heterocycles. The van der Waals surface area contributed by atoms with E-state index in [1.165, 1.54) is 19.3 Å². The molecule has 138 valence electrons. The quantitative estimate of drug-likeness (QED) is 0.634. The van der Waals surface area contributed by atoms with Crippen molar-refractivity contribution in [2.24, 2.45) is 11.8 Å². The first kappa shape index (κ1) is 15.9. The maximum absolute atomic E-state index is 6.20. The molecule has 0 spiro atoms. The number of nitrogens with zero attached hydrogens (tertiary/aromatic N) is 6. The molecule has 8 heteroatoms. The molecule has 3 aromatic rings. The van der Waals surface area contributed by atoms with Gasteiger partial charge in [0, 0.05) is 6.20 Å². The lowest BCUT2D eigenvalue weighted by molar-refractivity contribution is -0.0773. The maximum Gasteiger partial charge on any atom is 0.266 e. The number of aromatic nitrogens is 6. The van der Waals surface area contributed by atoms with E-state index in [0.717, 1.165) is 30.8 Å². The van der Waals surface area contributed by atoms with Crippen molar-refractivity contribution in [1.82, 2.24) is 29.9 Å². The van der Waals surface area contributed by atoms with Gasteiger partial charge in [-0.25, -0.2) is 9.67 Å². The van der Waals surface area contributed by atoms with Crippen LogP contribution in [0.5, 0.6) is 0 Å². The molecular weight excluding hydrogens is 408 g/mol. The average molecular weight is 427 g/mol. The van der Waals surface area contributed by atoms with Gasteiger partial charge in [-0.15, -0.1) is 15.3 Å². The minimum atomic E-state index is -0.0530. The van der Waals surface area contributed by atoms with Crippen molar-refractivity contribution < 1.29 is 4.42 Å². The van der Waals surface area contributed by atoms with Crippen molar-refractivity contribution in [3.05, 3.63) is 41.3 Å². The standard InChI is InChI=1S/C19H19BrN6O/c20-17-22-11-26(25-17)19-8-12-5-13(9-19)7-18(6-12,10-19)16-24-23-15(27-16)14-3-1-2-4-21-14/h1-4,11-13H,5-10H2. The summed E-state index contributed by atoms with van der Waals surface area (Å²) in [5.74, 6) is 2.65. The van der Waals surface area contributed by atoms with Gasteiger partial charge in [0.05, 0.1) is 11.0 Å². The first-order chi connectivity index (χ1) is 13.1. The third-order valence-electron chi connectivity index (χ3n) is 6.74. The summed E-state index contributed by atoms with van der Waals surface area (Å²) >= 11 is 3.41. The van der Waals surface area contributed by atoms with Gasteiger partial charge in [0.1, 0.15) is 12.0 Å². The van der Waals surface area contributed by atoms with Crippen LogP contribution in [0.2, 0.25) is 0 Å². The third-order valence-corrected chi connectivity index (χ3v) is 7.11.